The molecule has 0 spiro atoms. The van der Waals surface area contributed by atoms with Crippen LogP contribution in [0.25, 0.3) is 0 Å². The minimum Gasteiger partial charge on any atom is -0.468 e. The van der Waals surface area contributed by atoms with E-state index in [2.05, 4.69) is 15.1 Å². The highest BCUT2D eigenvalue weighted by Crippen LogP contribution is 2.25. The summed E-state index contributed by atoms with van der Waals surface area (Å²) in [6.45, 7) is 3.06. The number of methoxy groups -OCH3 is 1. The van der Waals surface area contributed by atoms with Gasteiger partial charge in [-0.3, -0.25) is 9.69 Å². The lowest BCUT2D eigenvalue weighted by Gasteiger charge is -2.39. The largest absolute Gasteiger partial charge is 0.468 e. The molecule has 6 heteroatoms. The molecule has 0 saturated carbocycles. The highest BCUT2D eigenvalue weighted by atomic mass is 16.5. The predicted octanol–water partition coefficient (Wildman–Crippen LogP) is 3.98. The number of nitrogens with one attached hydrogen (secondary N) is 1. The Morgan fingerprint density at radius 2 is 1.41 bits per heavy atom. The Morgan fingerprint density at radius 3 is 2.00 bits per heavy atom. The molecule has 164 valence electrons. The van der Waals surface area contributed by atoms with Gasteiger partial charge in [-0.05, 0) is 42.0 Å². The van der Waals surface area contributed by atoms with Crippen LogP contribution in [0.3, 0.4) is 0 Å². The normalized spacial score (nSPS) is 15.1. The molecule has 1 amide bonds. The third-order valence-corrected chi connectivity index (χ3v) is 5.75. The van der Waals surface area contributed by atoms with Crippen molar-refractivity contribution in [2.45, 2.75) is 6.04 Å². The van der Waals surface area contributed by atoms with Gasteiger partial charge in [0, 0.05) is 43.1 Å². The molecule has 3 aromatic rings. The molecule has 3 aromatic carbocycles. The second-order valence-corrected chi connectivity index (χ2v) is 7.73. The summed E-state index contributed by atoms with van der Waals surface area (Å²) in [5, 5.41) is 2.90. The lowest BCUT2D eigenvalue weighted by Crippen LogP contribution is -2.49. The summed E-state index contributed by atoms with van der Waals surface area (Å²) in [5.41, 5.74) is 3.40. The van der Waals surface area contributed by atoms with Crippen molar-refractivity contribution < 1.29 is 14.3 Å². The zero-order chi connectivity index (χ0) is 22.3. The smallest absolute Gasteiger partial charge is 0.327 e. The fourth-order valence-electron chi connectivity index (χ4n) is 4.03. The molecule has 0 radical (unpaired) electrons. The summed E-state index contributed by atoms with van der Waals surface area (Å²) in [6.07, 6.45) is 0. The average molecular weight is 430 g/mol. The Morgan fingerprint density at radius 1 is 0.812 bits per heavy atom. The van der Waals surface area contributed by atoms with Crippen LogP contribution in [0.4, 0.5) is 11.4 Å². The molecule has 1 unspecified atom stereocenters. The number of hydrogen-bond acceptors (Lipinski definition) is 5. The SMILES string of the molecule is COC(=O)C(c1ccccc1)N1CCN(c2ccc(C(=O)Nc3ccccc3)cc2)CC1. The molecular formula is C26H27N3O3. The van der Waals surface area contributed by atoms with Crippen LogP contribution in [-0.4, -0.2) is 50.1 Å². The number of benzene rings is 3. The molecule has 32 heavy (non-hydrogen) atoms. The van der Waals surface area contributed by atoms with Gasteiger partial charge in [-0.1, -0.05) is 48.5 Å². The van der Waals surface area contributed by atoms with Crippen molar-refractivity contribution in [3.63, 3.8) is 0 Å². The summed E-state index contributed by atoms with van der Waals surface area (Å²) >= 11 is 0. The van der Waals surface area contributed by atoms with Gasteiger partial charge in [0.1, 0.15) is 6.04 Å². The Balaban J connectivity index is 1.38. The number of hydrogen-bond donors (Lipinski definition) is 1. The molecule has 6 nitrogen and oxygen atoms in total. The molecule has 1 heterocycles. The summed E-state index contributed by atoms with van der Waals surface area (Å²) < 4.78 is 5.08. The highest BCUT2D eigenvalue weighted by Gasteiger charge is 2.31. The molecule has 0 bridgehead atoms. The summed E-state index contributed by atoms with van der Waals surface area (Å²) in [4.78, 5) is 29.4. The molecule has 1 aliphatic rings. The van der Waals surface area contributed by atoms with Crippen LogP contribution in [0.2, 0.25) is 0 Å². The van der Waals surface area contributed by atoms with Gasteiger partial charge in [0.25, 0.3) is 5.91 Å². The summed E-state index contributed by atoms with van der Waals surface area (Å²) in [7, 11) is 1.43. The topological polar surface area (TPSA) is 61.9 Å². The molecular weight excluding hydrogens is 402 g/mol. The minimum atomic E-state index is -0.396. The van der Waals surface area contributed by atoms with E-state index in [0.717, 1.165) is 43.1 Å². The number of anilines is 2. The van der Waals surface area contributed by atoms with Crippen molar-refractivity contribution in [3.8, 4) is 0 Å². The van der Waals surface area contributed by atoms with Crippen molar-refractivity contribution in [1.82, 2.24) is 4.90 Å². The first-order valence-corrected chi connectivity index (χ1v) is 10.7. The number of rotatable bonds is 6. The van der Waals surface area contributed by atoms with Gasteiger partial charge in [-0.2, -0.15) is 0 Å². The van der Waals surface area contributed by atoms with E-state index in [-0.39, 0.29) is 11.9 Å². The lowest BCUT2D eigenvalue weighted by molar-refractivity contribution is -0.147. The molecule has 4 rings (SSSR count). The van der Waals surface area contributed by atoms with Crippen molar-refractivity contribution in [3.05, 3.63) is 96.1 Å². The number of amides is 1. The maximum Gasteiger partial charge on any atom is 0.327 e. The quantitative estimate of drug-likeness (QED) is 0.601. The van der Waals surface area contributed by atoms with Crippen LogP contribution >= 0.6 is 0 Å². The van der Waals surface area contributed by atoms with E-state index in [9.17, 15) is 9.59 Å². The third-order valence-electron chi connectivity index (χ3n) is 5.75. The number of esters is 1. The number of carbonyl (C=O) groups is 2. The fourth-order valence-corrected chi connectivity index (χ4v) is 4.03. The monoisotopic (exact) mass is 429 g/mol. The van der Waals surface area contributed by atoms with E-state index >= 15 is 0 Å². The molecule has 0 aliphatic carbocycles. The zero-order valence-electron chi connectivity index (χ0n) is 18.1. The second kappa shape index (κ2) is 10.1. The second-order valence-electron chi connectivity index (χ2n) is 7.73. The molecule has 1 saturated heterocycles. The molecule has 0 aromatic heterocycles. The van der Waals surface area contributed by atoms with Gasteiger partial charge in [-0.25, -0.2) is 4.79 Å². The van der Waals surface area contributed by atoms with Gasteiger partial charge >= 0.3 is 5.97 Å². The van der Waals surface area contributed by atoms with Crippen LogP contribution < -0.4 is 10.2 Å². The average Bonchev–Trinajstić information content (AvgIpc) is 2.86. The third kappa shape index (κ3) is 4.98. The zero-order valence-corrected chi connectivity index (χ0v) is 18.1. The Hall–Kier alpha value is -3.64. The molecule has 1 N–H and O–H groups in total. The van der Waals surface area contributed by atoms with Crippen LogP contribution in [0.15, 0.2) is 84.9 Å². The Bertz CT molecular complexity index is 1030. The molecule has 1 atom stereocenters. The van der Waals surface area contributed by atoms with Crippen LogP contribution in [0.1, 0.15) is 22.0 Å². The van der Waals surface area contributed by atoms with E-state index in [1.165, 1.54) is 7.11 Å². The van der Waals surface area contributed by atoms with E-state index in [0.29, 0.717) is 5.56 Å². The molecule has 1 aliphatic heterocycles. The minimum absolute atomic E-state index is 0.128. The van der Waals surface area contributed by atoms with E-state index in [1.54, 1.807) is 0 Å². The lowest BCUT2D eigenvalue weighted by atomic mass is 10.0. The first-order chi connectivity index (χ1) is 15.7. The summed E-state index contributed by atoms with van der Waals surface area (Å²) in [5.74, 6) is -0.366. The van der Waals surface area contributed by atoms with Gasteiger partial charge < -0.3 is 15.0 Å². The maximum absolute atomic E-state index is 12.5. The number of ether oxygens (including phenoxy) is 1. The first kappa shape index (κ1) is 21.6. The van der Waals surface area contributed by atoms with E-state index < -0.39 is 6.04 Å². The Labute approximate surface area is 188 Å². The van der Waals surface area contributed by atoms with Gasteiger partial charge in [0.15, 0.2) is 0 Å². The van der Waals surface area contributed by atoms with Gasteiger partial charge in [0.2, 0.25) is 0 Å². The standard InChI is InChI=1S/C26H27N3O3/c1-32-26(31)24(20-8-4-2-5-9-20)29-18-16-28(17-19-29)23-14-12-21(13-15-23)25(30)27-22-10-6-3-7-11-22/h2-15,24H,16-19H2,1H3,(H,27,30). The van der Waals surface area contributed by atoms with Gasteiger partial charge in [0.05, 0.1) is 7.11 Å². The van der Waals surface area contributed by atoms with E-state index in [4.69, 9.17) is 4.74 Å². The number of para-hydroxylation sites is 1. The van der Waals surface area contributed by atoms with E-state index in [1.807, 2.05) is 84.9 Å². The fraction of sp³-hybridized carbons (Fsp3) is 0.231. The van der Waals surface area contributed by atoms with Crippen molar-refractivity contribution >= 4 is 23.3 Å². The van der Waals surface area contributed by atoms with Crippen molar-refractivity contribution in [1.29, 1.82) is 0 Å². The summed E-state index contributed by atoms with van der Waals surface area (Å²) in [6, 6.07) is 26.4. The van der Waals surface area contributed by atoms with Crippen LogP contribution in [-0.2, 0) is 9.53 Å². The maximum atomic E-state index is 12.5. The number of carbonyl (C=O) groups excluding carboxylic acids is 2. The number of nitrogens with zero attached hydrogens (tertiary/aromatic N) is 2. The van der Waals surface area contributed by atoms with Crippen molar-refractivity contribution in [2.75, 3.05) is 43.5 Å². The van der Waals surface area contributed by atoms with Crippen LogP contribution in [0, 0.1) is 0 Å². The number of piperazine rings is 1. The highest BCUT2D eigenvalue weighted by molar-refractivity contribution is 6.04. The van der Waals surface area contributed by atoms with Gasteiger partial charge in [-0.15, -0.1) is 0 Å². The first-order valence-electron chi connectivity index (χ1n) is 10.7. The van der Waals surface area contributed by atoms with Crippen LogP contribution in [0.5, 0.6) is 0 Å². The molecule has 1 fully saturated rings. The predicted molar refractivity (Wildman–Crippen MR) is 126 cm³/mol. The Kier molecular flexibility index (Phi) is 6.82. The van der Waals surface area contributed by atoms with Crippen molar-refractivity contribution in [2.24, 2.45) is 0 Å².